The predicted molar refractivity (Wildman–Crippen MR) is 121 cm³/mol. The first kappa shape index (κ1) is 25.3. The van der Waals surface area contributed by atoms with Crippen molar-refractivity contribution in [2.45, 2.75) is 40.2 Å². The highest BCUT2D eigenvalue weighted by Crippen LogP contribution is 2.15. The number of esters is 1. The summed E-state index contributed by atoms with van der Waals surface area (Å²) in [6.45, 7) is 9.98. The average Bonchev–Trinajstić information content (AvgIpc) is 2.75. The maximum absolute atomic E-state index is 12.7. The quantitative estimate of drug-likeness (QED) is 0.528. The number of hydrogen-bond acceptors (Lipinski definition) is 6. The van der Waals surface area contributed by atoms with Gasteiger partial charge in [-0.25, -0.2) is 0 Å². The maximum atomic E-state index is 12.7. The van der Waals surface area contributed by atoms with Crippen molar-refractivity contribution in [1.82, 2.24) is 15.1 Å². The summed E-state index contributed by atoms with van der Waals surface area (Å²) in [7, 11) is 0. The van der Waals surface area contributed by atoms with Gasteiger partial charge in [0.1, 0.15) is 6.04 Å². The third-order valence-electron chi connectivity index (χ3n) is 5.17. The number of carbonyl (C=O) groups excluding carboxylic acids is 4. The molecule has 32 heavy (non-hydrogen) atoms. The predicted octanol–water partition coefficient (Wildman–Crippen LogP) is 1.50. The highest BCUT2D eigenvalue weighted by molar-refractivity contribution is 5.98. The van der Waals surface area contributed by atoms with Crippen LogP contribution in [-0.2, 0) is 19.1 Å². The molecule has 2 rings (SSSR count). The van der Waals surface area contributed by atoms with Gasteiger partial charge in [-0.15, -0.1) is 0 Å². The first-order valence-electron chi connectivity index (χ1n) is 11.1. The number of benzene rings is 1. The van der Waals surface area contributed by atoms with Crippen LogP contribution in [0.5, 0.6) is 0 Å². The van der Waals surface area contributed by atoms with E-state index in [-0.39, 0.29) is 43.2 Å². The normalized spacial score (nSPS) is 16.4. The van der Waals surface area contributed by atoms with Gasteiger partial charge in [0.15, 0.2) is 0 Å². The molecule has 9 nitrogen and oxygen atoms in total. The standard InChI is InChI=1S/C23H34N4O5/c1-5-26(6-2)23(31)17-8-7-9-18(12-17)25-20(28)14-27-11-10-24-22(30)19(27)13-21(29)32-15-16(3)4/h7-9,12,16,19H,5-6,10-11,13-15H2,1-4H3,(H,24,30)(H,25,28). The summed E-state index contributed by atoms with van der Waals surface area (Å²) < 4.78 is 5.19. The molecule has 0 aliphatic carbocycles. The second kappa shape index (κ2) is 12.2. The number of ether oxygens (including phenoxy) is 1. The van der Waals surface area contributed by atoms with E-state index in [0.717, 1.165) is 0 Å². The fraction of sp³-hybridized carbons (Fsp3) is 0.565. The summed E-state index contributed by atoms with van der Waals surface area (Å²) in [5.41, 5.74) is 0.997. The monoisotopic (exact) mass is 446 g/mol. The van der Waals surface area contributed by atoms with Crippen LogP contribution in [0.25, 0.3) is 0 Å². The Balaban J connectivity index is 2.01. The van der Waals surface area contributed by atoms with Gasteiger partial charge >= 0.3 is 5.97 Å². The average molecular weight is 447 g/mol. The van der Waals surface area contributed by atoms with Gasteiger partial charge in [-0.3, -0.25) is 24.1 Å². The highest BCUT2D eigenvalue weighted by atomic mass is 16.5. The van der Waals surface area contributed by atoms with E-state index in [1.807, 2.05) is 27.7 Å². The second-order valence-electron chi connectivity index (χ2n) is 8.16. The zero-order valence-corrected chi connectivity index (χ0v) is 19.3. The molecule has 1 aliphatic rings. The number of carbonyl (C=O) groups is 4. The third-order valence-corrected chi connectivity index (χ3v) is 5.17. The molecule has 0 aromatic heterocycles. The van der Waals surface area contributed by atoms with Crippen molar-refractivity contribution in [3.05, 3.63) is 29.8 Å². The van der Waals surface area contributed by atoms with E-state index in [1.54, 1.807) is 34.1 Å². The lowest BCUT2D eigenvalue weighted by Crippen LogP contribution is -2.57. The summed E-state index contributed by atoms with van der Waals surface area (Å²) in [6, 6.07) is 6.02. The number of hydrogen-bond donors (Lipinski definition) is 2. The molecule has 176 valence electrons. The molecule has 1 atom stereocenters. The highest BCUT2D eigenvalue weighted by Gasteiger charge is 2.33. The van der Waals surface area contributed by atoms with E-state index in [2.05, 4.69) is 10.6 Å². The minimum Gasteiger partial charge on any atom is -0.465 e. The fourth-order valence-corrected chi connectivity index (χ4v) is 3.46. The molecule has 1 aliphatic heterocycles. The van der Waals surface area contributed by atoms with Crippen LogP contribution in [0.15, 0.2) is 24.3 Å². The summed E-state index contributed by atoms with van der Waals surface area (Å²) in [4.78, 5) is 53.0. The summed E-state index contributed by atoms with van der Waals surface area (Å²) in [5, 5.41) is 5.52. The van der Waals surface area contributed by atoms with Crippen LogP contribution >= 0.6 is 0 Å². The Bertz CT molecular complexity index is 822. The minimum absolute atomic E-state index is 0.0518. The smallest absolute Gasteiger partial charge is 0.307 e. The molecule has 1 aromatic carbocycles. The van der Waals surface area contributed by atoms with Gasteiger partial charge in [-0.1, -0.05) is 19.9 Å². The fourth-order valence-electron chi connectivity index (χ4n) is 3.46. The molecule has 0 saturated carbocycles. The van der Waals surface area contributed by atoms with Gasteiger partial charge in [0.25, 0.3) is 5.91 Å². The van der Waals surface area contributed by atoms with Gasteiger partial charge in [-0.2, -0.15) is 0 Å². The van der Waals surface area contributed by atoms with E-state index in [4.69, 9.17) is 4.74 Å². The third kappa shape index (κ3) is 7.33. The van der Waals surface area contributed by atoms with Crippen molar-refractivity contribution in [2.75, 3.05) is 44.6 Å². The molecular formula is C23H34N4O5. The van der Waals surface area contributed by atoms with E-state index in [9.17, 15) is 19.2 Å². The number of nitrogens with zero attached hydrogens (tertiary/aromatic N) is 2. The van der Waals surface area contributed by atoms with E-state index in [1.165, 1.54) is 0 Å². The van der Waals surface area contributed by atoms with Gasteiger partial charge in [0.05, 0.1) is 19.6 Å². The van der Waals surface area contributed by atoms with Crippen LogP contribution in [0.2, 0.25) is 0 Å². The number of rotatable bonds is 10. The second-order valence-corrected chi connectivity index (χ2v) is 8.16. The molecule has 0 spiro atoms. The van der Waals surface area contributed by atoms with Crippen molar-refractivity contribution in [3.63, 3.8) is 0 Å². The zero-order valence-electron chi connectivity index (χ0n) is 19.3. The molecule has 2 N–H and O–H groups in total. The van der Waals surface area contributed by atoms with Crippen molar-refractivity contribution < 1.29 is 23.9 Å². The molecule has 1 aromatic rings. The lowest BCUT2D eigenvalue weighted by Gasteiger charge is -2.33. The Labute approximate surface area is 189 Å². The summed E-state index contributed by atoms with van der Waals surface area (Å²) in [5.74, 6) is -0.983. The first-order valence-corrected chi connectivity index (χ1v) is 11.1. The lowest BCUT2D eigenvalue weighted by atomic mass is 10.1. The van der Waals surface area contributed by atoms with Gasteiger partial charge in [0.2, 0.25) is 11.8 Å². The van der Waals surface area contributed by atoms with Crippen LogP contribution < -0.4 is 10.6 Å². The minimum atomic E-state index is -0.759. The largest absolute Gasteiger partial charge is 0.465 e. The van der Waals surface area contributed by atoms with Crippen molar-refractivity contribution in [1.29, 1.82) is 0 Å². The van der Waals surface area contributed by atoms with Crippen LogP contribution in [0.4, 0.5) is 5.69 Å². The summed E-state index contributed by atoms with van der Waals surface area (Å²) >= 11 is 0. The molecule has 1 fully saturated rings. The molecule has 1 unspecified atom stereocenters. The van der Waals surface area contributed by atoms with Crippen molar-refractivity contribution in [3.8, 4) is 0 Å². The molecule has 9 heteroatoms. The molecule has 0 bridgehead atoms. The van der Waals surface area contributed by atoms with E-state index in [0.29, 0.717) is 37.4 Å². The number of nitrogens with one attached hydrogen (secondary N) is 2. The Kier molecular flexibility index (Phi) is 9.64. The molecule has 3 amide bonds. The van der Waals surface area contributed by atoms with Gasteiger partial charge < -0.3 is 20.3 Å². The number of anilines is 1. The molecule has 0 radical (unpaired) electrons. The lowest BCUT2D eigenvalue weighted by molar-refractivity contribution is -0.149. The Morgan fingerprint density at radius 3 is 2.62 bits per heavy atom. The van der Waals surface area contributed by atoms with E-state index >= 15 is 0 Å². The Hall–Kier alpha value is -2.94. The van der Waals surface area contributed by atoms with Gasteiger partial charge in [0, 0.05) is 37.4 Å². The van der Waals surface area contributed by atoms with Crippen molar-refractivity contribution >= 4 is 29.4 Å². The molecule has 1 saturated heterocycles. The Morgan fingerprint density at radius 2 is 1.97 bits per heavy atom. The SMILES string of the molecule is CCN(CC)C(=O)c1cccc(NC(=O)CN2CCNC(=O)C2CC(=O)OCC(C)C)c1. The molecule has 1 heterocycles. The van der Waals surface area contributed by atoms with Crippen LogP contribution in [0.3, 0.4) is 0 Å². The van der Waals surface area contributed by atoms with Gasteiger partial charge in [-0.05, 0) is 38.0 Å². The Morgan fingerprint density at radius 1 is 1.25 bits per heavy atom. The number of piperazine rings is 1. The van der Waals surface area contributed by atoms with Crippen LogP contribution in [-0.4, -0.2) is 78.9 Å². The number of amides is 3. The van der Waals surface area contributed by atoms with Crippen LogP contribution in [0.1, 0.15) is 44.5 Å². The zero-order chi connectivity index (χ0) is 23.7. The van der Waals surface area contributed by atoms with E-state index < -0.39 is 12.0 Å². The summed E-state index contributed by atoms with van der Waals surface area (Å²) in [6.07, 6.45) is -0.111. The topological polar surface area (TPSA) is 108 Å². The first-order chi connectivity index (χ1) is 15.2. The van der Waals surface area contributed by atoms with Crippen molar-refractivity contribution in [2.24, 2.45) is 5.92 Å². The van der Waals surface area contributed by atoms with Crippen LogP contribution in [0, 0.1) is 5.92 Å². The molecular weight excluding hydrogens is 412 g/mol. The maximum Gasteiger partial charge on any atom is 0.307 e.